The largest absolute Gasteiger partial charge is 0.619 e. The summed E-state index contributed by atoms with van der Waals surface area (Å²) in [5.74, 6) is -0.199. The van der Waals surface area contributed by atoms with Crippen molar-refractivity contribution >= 4 is 50.5 Å². The van der Waals surface area contributed by atoms with Crippen LogP contribution in [0, 0.1) is 5.21 Å². The van der Waals surface area contributed by atoms with E-state index in [1.165, 1.54) is 24.2 Å². The quantitative estimate of drug-likeness (QED) is 0.498. The molecule has 3 rings (SSSR count). The number of carbonyl (C=O) groups is 1. The van der Waals surface area contributed by atoms with Crippen molar-refractivity contribution in [2.24, 2.45) is 4.99 Å². The number of benzene rings is 1. The second kappa shape index (κ2) is 6.33. The van der Waals surface area contributed by atoms with Gasteiger partial charge in [-0.05, 0) is 51.5 Å². The van der Waals surface area contributed by atoms with Crippen LogP contribution in [0.3, 0.4) is 0 Å². The Labute approximate surface area is 139 Å². The molecule has 7 heteroatoms. The molecule has 2 aromatic rings. The van der Waals surface area contributed by atoms with E-state index in [1.807, 2.05) is 24.3 Å². The van der Waals surface area contributed by atoms with Crippen LogP contribution in [0.5, 0.6) is 0 Å². The fraction of sp³-hybridized carbons (Fsp3) is 0. The number of halogens is 1. The van der Waals surface area contributed by atoms with Gasteiger partial charge in [0, 0.05) is 16.6 Å². The van der Waals surface area contributed by atoms with E-state index in [0.29, 0.717) is 14.8 Å². The highest BCUT2D eigenvalue weighted by Crippen LogP contribution is 2.30. The fourth-order valence-electron chi connectivity index (χ4n) is 1.80. The Morgan fingerprint density at radius 1 is 1.23 bits per heavy atom. The topological polar surface area (TPSA) is 68.4 Å². The summed E-state index contributed by atoms with van der Waals surface area (Å²) in [6.45, 7) is 0. The number of amidine groups is 1. The molecule has 2 heterocycles. The van der Waals surface area contributed by atoms with Crippen LogP contribution in [-0.2, 0) is 4.79 Å². The zero-order chi connectivity index (χ0) is 15.5. The molecule has 0 atom stereocenters. The van der Waals surface area contributed by atoms with E-state index >= 15 is 0 Å². The lowest BCUT2D eigenvalue weighted by Gasteiger charge is -1.98. The number of carbonyl (C=O) groups excluding carboxylic acids is 1. The van der Waals surface area contributed by atoms with E-state index in [0.717, 1.165) is 15.7 Å². The summed E-state index contributed by atoms with van der Waals surface area (Å²) in [6.07, 6.45) is 4.50. The molecule has 1 saturated heterocycles. The molecular formula is C15H10BrN3O2S. The summed E-state index contributed by atoms with van der Waals surface area (Å²) in [5, 5.41) is 14.3. The van der Waals surface area contributed by atoms with Gasteiger partial charge in [0.05, 0.1) is 10.6 Å². The van der Waals surface area contributed by atoms with Crippen molar-refractivity contribution in [2.75, 3.05) is 0 Å². The second-order valence-electron chi connectivity index (χ2n) is 4.42. The average Bonchev–Trinajstić information content (AvgIpc) is 2.84. The van der Waals surface area contributed by atoms with Crippen molar-refractivity contribution in [1.29, 1.82) is 0 Å². The minimum atomic E-state index is -0.199. The number of rotatable bonds is 2. The van der Waals surface area contributed by atoms with E-state index < -0.39 is 0 Å². The number of amides is 1. The van der Waals surface area contributed by atoms with Crippen LogP contribution in [0.25, 0.3) is 6.08 Å². The molecule has 0 spiro atoms. The smallest absolute Gasteiger partial charge is 0.264 e. The van der Waals surface area contributed by atoms with Crippen molar-refractivity contribution in [3.05, 3.63) is 68.9 Å². The van der Waals surface area contributed by atoms with Gasteiger partial charge in [-0.1, -0.05) is 12.1 Å². The van der Waals surface area contributed by atoms with Gasteiger partial charge in [-0.2, -0.15) is 4.73 Å². The highest BCUT2D eigenvalue weighted by atomic mass is 79.9. The Kier molecular flexibility index (Phi) is 4.26. The summed E-state index contributed by atoms with van der Waals surface area (Å²) in [7, 11) is 0. The fourth-order valence-corrected chi connectivity index (χ4v) is 3.01. The first-order valence-corrected chi connectivity index (χ1v) is 7.96. The van der Waals surface area contributed by atoms with Crippen LogP contribution < -0.4 is 10.0 Å². The second-order valence-corrected chi connectivity index (χ2v) is 6.31. The Balaban J connectivity index is 1.84. The summed E-state index contributed by atoms with van der Waals surface area (Å²) < 4.78 is 1.56. The molecule has 1 aromatic carbocycles. The van der Waals surface area contributed by atoms with E-state index in [2.05, 4.69) is 26.2 Å². The van der Waals surface area contributed by atoms with Crippen molar-refractivity contribution in [3.8, 4) is 0 Å². The predicted octanol–water partition coefficient (Wildman–Crippen LogP) is 2.97. The number of aromatic nitrogens is 1. The minimum Gasteiger partial charge on any atom is -0.619 e. The number of thioether (sulfide) groups is 1. The van der Waals surface area contributed by atoms with Crippen LogP contribution in [0.15, 0.2) is 63.2 Å². The number of nitrogens with zero attached hydrogens (tertiary/aromatic N) is 2. The molecule has 0 aliphatic carbocycles. The third-order valence-corrected chi connectivity index (χ3v) is 4.43. The van der Waals surface area contributed by atoms with Crippen LogP contribution >= 0.6 is 27.7 Å². The summed E-state index contributed by atoms with van der Waals surface area (Å²) in [4.78, 5) is 16.9. The van der Waals surface area contributed by atoms with Gasteiger partial charge in [-0.25, -0.2) is 4.99 Å². The highest BCUT2D eigenvalue weighted by molar-refractivity contribution is 9.10. The van der Waals surface area contributed by atoms with E-state index in [-0.39, 0.29) is 5.91 Å². The zero-order valence-electron chi connectivity index (χ0n) is 11.2. The van der Waals surface area contributed by atoms with E-state index in [9.17, 15) is 10.0 Å². The van der Waals surface area contributed by atoms with Gasteiger partial charge in [0.15, 0.2) is 17.6 Å². The molecule has 1 aliphatic rings. The summed E-state index contributed by atoms with van der Waals surface area (Å²) in [5.41, 5.74) is 1.53. The van der Waals surface area contributed by atoms with Crippen LogP contribution in [0.4, 0.5) is 5.69 Å². The van der Waals surface area contributed by atoms with Gasteiger partial charge in [0.2, 0.25) is 0 Å². The first-order valence-electron chi connectivity index (χ1n) is 6.35. The molecule has 0 unspecified atom stereocenters. The molecule has 22 heavy (non-hydrogen) atoms. The normalized spacial score (nSPS) is 18.0. The molecule has 0 saturated carbocycles. The maximum atomic E-state index is 12.0. The Morgan fingerprint density at radius 2 is 1.95 bits per heavy atom. The maximum Gasteiger partial charge on any atom is 0.264 e. The molecule has 1 aromatic heterocycles. The molecule has 110 valence electrons. The average molecular weight is 376 g/mol. The third-order valence-electron chi connectivity index (χ3n) is 2.85. The van der Waals surface area contributed by atoms with Gasteiger partial charge in [-0.3, -0.25) is 4.79 Å². The Bertz CT molecular complexity index is 788. The van der Waals surface area contributed by atoms with Crippen molar-refractivity contribution in [3.63, 3.8) is 0 Å². The van der Waals surface area contributed by atoms with Crippen molar-refractivity contribution in [1.82, 2.24) is 5.32 Å². The number of hydrogen-bond acceptors (Lipinski definition) is 4. The Hall–Kier alpha value is -2.12. The van der Waals surface area contributed by atoms with Crippen LogP contribution in [0.1, 0.15) is 5.56 Å². The first kappa shape index (κ1) is 14.8. The Morgan fingerprint density at radius 3 is 2.68 bits per heavy atom. The molecule has 1 aliphatic heterocycles. The maximum absolute atomic E-state index is 12.0. The molecule has 0 radical (unpaired) electrons. The van der Waals surface area contributed by atoms with Gasteiger partial charge >= 0.3 is 0 Å². The van der Waals surface area contributed by atoms with Crippen molar-refractivity contribution < 1.29 is 9.52 Å². The number of pyridine rings is 1. The molecule has 1 N–H and O–H groups in total. The van der Waals surface area contributed by atoms with E-state index in [1.54, 1.807) is 18.2 Å². The van der Waals surface area contributed by atoms with E-state index in [4.69, 9.17) is 0 Å². The minimum absolute atomic E-state index is 0.199. The zero-order valence-corrected chi connectivity index (χ0v) is 13.6. The standard InChI is InChI=1S/C15H10BrN3O2S/c16-11-3-1-2-4-12(11)17-15-18-14(20)13(22-15)9-10-5-7-19(21)8-6-10/h1-9H,(H,17,18,20)/b13-9-. The van der Waals surface area contributed by atoms with Gasteiger partial charge < -0.3 is 10.5 Å². The van der Waals surface area contributed by atoms with Gasteiger partial charge in [-0.15, -0.1) is 0 Å². The molecule has 1 fully saturated rings. The summed E-state index contributed by atoms with van der Waals surface area (Å²) >= 11 is 4.68. The lowest BCUT2D eigenvalue weighted by atomic mass is 10.2. The number of nitrogens with one attached hydrogen (secondary N) is 1. The first-order chi connectivity index (χ1) is 10.6. The third kappa shape index (κ3) is 3.37. The lowest BCUT2D eigenvalue weighted by Crippen LogP contribution is -2.23. The van der Waals surface area contributed by atoms with Gasteiger partial charge in [0.1, 0.15) is 0 Å². The highest BCUT2D eigenvalue weighted by Gasteiger charge is 2.24. The summed E-state index contributed by atoms with van der Waals surface area (Å²) in [6, 6.07) is 10.8. The molecule has 1 amide bonds. The number of aliphatic imine (C=N–C) groups is 1. The molecule has 5 nitrogen and oxygen atoms in total. The predicted molar refractivity (Wildman–Crippen MR) is 90.3 cm³/mol. The van der Waals surface area contributed by atoms with Crippen LogP contribution in [-0.4, -0.2) is 11.1 Å². The monoisotopic (exact) mass is 375 g/mol. The van der Waals surface area contributed by atoms with Gasteiger partial charge in [0.25, 0.3) is 5.91 Å². The SMILES string of the molecule is O=C1NC(=Nc2ccccc2Br)S/C1=C\c1cc[n+]([O-])cc1. The lowest BCUT2D eigenvalue weighted by molar-refractivity contribution is -0.605. The molecule has 0 bridgehead atoms. The number of hydrogen-bond donors (Lipinski definition) is 1. The van der Waals surface area contributed by atoms with Crippen molar-refractivity contribution in [2.45, 2.75) is 0 Å². The number of para-hydroxylation sites is 1. The van der Waals surface area contributed by atoms with Crippen LogP contribution in [0.2, 0.25) is 0 Å². The molecular weight excluding hydrogens is 366 g/mol.